The summed E-state index contributed by atoms with van der Waals surface area (Å²) >= 11 is 0. The maximum absolute atomic E-state index is 12.6. The molecule has 0 fully saturated rings. The van der Waals surface area contributed by atoms with Gasteiger partial charge in [-0.3, -0.25) is 18.6 Å². The maximum atomic E-state index is 12.6. The average molecular weight is 871 g/mol. The van der Waals surface area contributed by atoms with Gasteiger partial charge in [0.15, 0.2) is 6.10 Å². The molecule has 0 heterocycles. The summed E-state index contributed by atoms with van der Waals surface area (Å²) in [6.45, 7) is 4.56. The van der Waals surface area contributed by atoms with Crippen molar-refractivity contribution < 1.29 is 52.9 Å². The summed E-state index contributed by atoms with van der Waals surface area (Å²) in [4.78, 5) is 35.1. The van der Waals surface area contributed by atoms with Crippen LogP contribution in [0.15, 0.2) is 48.6 Å². The lowest BCUT2D eigenvalue weighted by atomic mass is 10.0. The molecule has 0 saturated carbocycles. The van der Waals surface area contributed by atoms with Gasteiger partial charge >= 0.3 is 19.8 Å². The summed E-state index contributed by atoms with van der Waals surface area (Å²) in [6.07, 6.45) is 41.1. The quantitative estimate of drug-likeness (QED) is 0.0151. The van der Waals surface area contributed by atoms with E-state index in [4.69, 9.17) is 19.1 Å². The minimum Gasteiger partial charge on any atom is -0.462 e. The number of esters is 2. The lowest BCUT2D eigenvalue weighted by Crippen LogP contribution is -2.29. The van der Waals surface area contributed by atoms with Gasteiger partial charge in [-0.2, -0.15) is 0 Å². The predicted octanol–water partition coefficient (Wildman–Crippen LogP) is 11.7. The summed E-state index contributed by atoms with van der Waals surface area (Å²) in [6, 6.07) is 0. The minimum absolute atomic E-state index is 0.0765. The van der Waals surface area contributed by atoms with Gasteiger partial charge in [-0.05, 0) is 50.9 Å². The van der Waals surface area contributed by atoms with Crippen molar-refractivity contribution in [2.75, 3.05) is 26.4 Å². The van der Waals surface area contributed by atoms with E-state index in [1.165, 1.54) is 103 Å². The van der Waals surface area contributed by atoms with Gasteiger partial charge in [0.1, 0.15) is 12.7 Å². The molecule has 11 nitrogen and oxygen atoms in total. The Bertz CT molecular complexity index is 1170. The van der Waals surface area contributed by atoms with E-state index in [9.17, 15) is 29.3 Å². The molecule has 4 N–H and O–H groups in total. The van der Waals surface area contributed by atoms with Crippen molar-refractivity contribution in [3.63, 3.8) is 0 Å². The van der Waals surface area contributed by atoms with Gasteiger partial charge in [0.2, 0.25) is 0 Å². The van der Waals surface area contributed by atoms with E-state index in [-0.39, 0.29) is 19.4 Å². The van der Waals surface area contributed by atoms with Crippen LogP contribution >= 0.6 is 7.82 Å². The number of carbonyl (C=O) groups excluding carboxylic acids is 2. The molecule has 0 aromatic heterocycles. The first kappa shape index (κ1) is 57.9. The first-order valence-corrected chi connectivity index (χ1v) is 25.1. The second-order valence-electron chi connectivity index (χ2n) is 16.5. The molecule has 0 saturated heterocycles. The highest BCUT2D eigenvalue weighted by Gasteiger charge is 2.27. The molecule has 12 heteroatoms. The number of hydrogen-bond donors (Lipinski definition) is 4. The van der Waals surface area contributed by atoms with Gasteiger partial charge in [0, 0.05) is 12.8 Å². The molecule has 350 valence electrons. The number of allylic oxidation sites excluding steroid dienone is 6. The maximum Gasteiger partial charge on any atom is 0.472 e. The Hall–Kier alpha value is -2.11. The smallest absolute Gasteiger partial charge is 0.462 e. The van der Waals surface area contributed by atoms with Crippen molar-refractivity contribution >= 4 is 19.8 Å². The highest BCUT2D eigenvalue weighted by atomic mass is 31.2. The van der Waals surface area contributed by atoms with Gasteiger partial charge in [-0.15, -0.1) is 0 Å². The van der Waals surface area contributed by atoms with Gasteiger partial charge in [-0.1, -0.05) is 185 Å². The molecule has 0 radical (unpaired) electrons. The molecule has 0 aliphatic heterocycles. The summed E-state index contributed by atoms with van der Waals surface area (Å²) < 4.78 is 32.7. The number of rotatable bonds is 43. The van der Waals surface area contributed by atoms with Gasteiger partial charge in [0.25, 0.3) is 0 Å². The minimum atomic E-state index is -4.65. The van der Waals surface area contributed by atoms with Crippen LogP contribution in [0.5, 0.6) is 0 Å². The SMILES string of the molecule is CCCCC/C=C\C[C@H](O)/C=C/C=C\C/C=C\CCCC(=O)O[C@H](COC(=O)CCCCCCCCCCCCCCCCCCC(C)C)COP(=O)(O)OC[C@@H](O)CO. The fraction of sp³-hybridized carbons (Fsp3) is 0.792. The molecule has 4 atom stereocenters. The Morgan fingerprint density at radius 3 is 1.77 bits per heavy atom. The number of phosphoric acid groups is 1. The molecule has 0 rings (SSSR count). The Morgan fingerprint density at radius 2 is 1.17 bits per heavy atom. The third-order valence-corrected chi connectivity index (χ3v) is 10.9. The van der Waals surface area contributed by atoms with Crippen molar-refractivity contribution in [3.05, 3.63) is 48.6 Å². The van der Waals surface area contributed by atoms with Crippen molar-refractivity contribution in [2.24, 2.45) is 5.92 Å². The predicted molar refractivity (Wildman–Crippen MR) is 243 cm³/mol. The van der Waals surface area contributed by atoms with E-state index >= 15 is 0 Å². The number of aliphatic hydroxyl groups is 3. The molecular weight excluding hydrogens is 783 g/mol. The molecule has 0 bridgehead atoms. The standard InChI is InChI=1S/C48H87O11P/c1-4-5-6-7-25-30-35-44(50)36-31-26-21-18-19-23-28-33-38-48(53)59-46(42-58-60(54,55)57-40-45(51)39-49)41-56-47(52)37-32-27-22-17-15-13-11-9-8-10-12-14-16-20-24-29-34-43(2)3/h19,21,23,25-26,30-31,36,43-46,49-51H,4-18,20,22,24,27-29,32-35,37-42H2,1-3H3,(H,54,55)/b23-19-,26-21-,30-25-,36-31+/t44-,45-,46+/m0/s1. The number of aliphatic hydroxyl groups excluding tert-OH is 3. The number of ether oxygens (including phenoxy) is 2. The second-order valence-corrected chi connectivity index (χ2v) is 17.9. The molecule has 0 amide bonds. The van der Waals surface area contributed by atoms with Gasteiger partial charge < -0.3 is 29.7 Å². The van der Waals surface area contributed by atoms with Crippen LogP contribution in [-0.4, -0.2) is 76.9 Å². The van der Waals surface area contributed by atoms with E-state index in [1.54, 1.807) is 6.08 Å². The summed E-state index contributed by atoms with van der Waals surface area (Å²) in [5, 5.41) is 28.4. The summed E-state index contributed by atoms with van der Waals surface area (Å²) in [5.41, 5.74) is 0. The van der Waals surface area contributed by atoms with Crippen LogP contribution in [0.2, 0.25) is 0 Å². The van der Waals surface area contributed by atoms with E-state index < -0.39 is 57.9 Å². The Morgan fingerprint density at radius 1 is 0.617 bits per heavy atom. The normalized spacial score (nSPS) is 14.8. The monoisotopic (exact) mass is 871 g/mol. The van der Waals surface area contributed by atoms with E-state index in [2.05, 4.69) is 31.4 Å². The molecule has 0 aliphatic carbocycles. The lowest BCUT2D eigenvalue weighted by Gasteiger charge is -2.20. The third-order valence-electron chi connectivity index (χ3n) is 9.99. The van der Waals surface area contributed by atoms with Gasteiger partial charge in [-0.25, -0.2) is 4.57 Å². The van der Waals surface area contributed by atoms with Crippen LogP contribution in [0, 0.1) is 5.92 Å². The van der Waals surface area contributed by atoms with E-state index in [1.807, 2.05) is 36.5 Å². The second kappa shape index (κ2) is 42.2. The Kier molecular flexibility index (Phi) is 40.7. The fourth-order valence-electron chi connectivity index (χ4n) is 6.31. The van der Waals surface area contributed by atoms with E-state index in [0.717, 1.165) is 31.6 Å². The number of carbonyl (C=O) groups is 2. The van der Waals surface area contributed by atoms with Crippen LogP contribution < -0.4 is 0 Å². The zero-order valence-electron chi connectivity index (χ0n) is 37.9. The molecule has 60 heavy (non-hydrogen) atoms. The Balaban J connectivity index is 4.37. The molecule has 0 aromatic carbocycles. The highest BCUT2D eigenvalue weighted by Crippen LogP contribution is 2.43. The first-order chi connectivity index (χ1) is 29.0. The van der Waals surface area contributed by atoms with Crippen LogP contribution in [0.3, 0.4) is 0 Å². The summed E-state index contributed by atoms with van der Waals surface area (Å²) in [5.74, 6) is -0.196. The van der Waals surface area contributed by atoms with Crippen LogP contribution in [0.1, 0.15) is 194 Å². The van der Waals surface area contributed by atoms with E-state index in [0.29, 0.717) is 32.1 Å². The summed E-state index contributed by atoms with van der Waals surface area (Å²) in [7, 11) is -4.65. The first-order valence-electron chi connectivity index (χ1n) is 23.6. The van der Waals surface area contributed by atoms with Crippen molar-refractivity contribution in [3.8, 4) is 0 Å². The largest absolute Gasteiger partial charge is 0.472 e. The molecule has 0 spiro atoms. The highest BCUT2D eigenvalue weighted by molar-refractivity contribution is 7.47. The third kappa shape index (κ3) is 42.6. The van der Waals surface area contributed by atoms with Crippen LogP contribution in [0.25, 0.3) is 0 Å². The van der Waals surface area contributed by atoms with Crippen molar-refractivity contribution in [2.45, 2.75) is 212 Å². The van der Waals surface area contributed by atoms with Crippen LogP contribution in [0.4, 0.5) is 0 Å². The number of hydrogen-bond acceptors (Lipinski definition) is 10. The molecule has 0 aliphatic rings. The zero-order chi connectivity index (χ0) is 44.4. The topological polar surface area (TPSA) is 169 Å². The number of unbranched alkanes of at least 4 members (excludes halogenated alkanes) is 19. The van der Waals surface area contributed by atoms with Crippen LogP contribution in [-0.2, 0) is 32.7 Å². The molecular formula is C48H87O11P. The molecule has 1 unspecified atom stereocenters. The zero-order valence-corrected chi connectivity index (χ0v) is 38.8. The van der Waals surface area contributed by atoms with Gasteiger partial charge in [0.05, 0.1) is 25.9 Å². The Labute approximate surface area is 365 Å². The fourth-order valence-corrected chi connectivity index (χ4v) is 7.10. The average Bonchev–Trinajstić information content (AvgIpc) is 3.22. The van der Waals surface area contributed by atoms with Crippen molar-refractivity contribution in [1.82, 2.24) is 0 Å². The number of phosphoric ester groups is 1. The van der Waals surface area contributed by atoms with Crippen molar-refractivity contribution in [1.29, 1.82) is 0 Å². The molecule has 0 aromatic rings. The lowest BCUT2D eigenvalue weighted by molar-refractivity contribution is -0.161.